The molecule has 1 saturated heterocycles. The minimum Gasteiger partial charge on any atom is -0.481 e. The Kier molecular flexibility index (Phi) is 4.73. The molecule has 0 radical (unpaired) electrons. The van der Waals surface area contributed by atoms with E-state index in [9.17, 15) is 14.3 Å². The largest absolute Gasteiger partial charge is 0.481 e. The van der Waals surface area contributed by atoms with Crippen LogP contribution in [0.5, 0.6) is 0 Å². The SMILES string of the molecule is CN(Cc1ccc(F)cc1)CC1(C(=O)O)CCCOC1. The van der Waals surface area contributed by atoms with Gasteiger partial charge in [0, 0.05) is 19.7 Å². The standard InChI is InChI=1S/C15H20FNO3/c1-17(9-12-3-5-13(16)6-4-12)10-15(14(18)19)7-2-8-20-11-15/h3-6H,2,7-11H2,1H3,(H,18,19). The van der Waals surface area contributed by atoms with Crippen molar-refractivity contribution in [1.82, 2.24) is 4.90 Å². The molecular formula is C15H20FNO3. The number of carboxylic acids is 1. The fraction of sp³-hybridized carbons (Fsp3) is 0.533. The van der Waals surface area contributed by atoms with Crippen molar-refractivity contribution in [2.75, 3.05) is 26.8 Å². The lowest BCUT2D eigenvalue weighted by Crippen LogP contribution is -2.47. The van der Waals surface area contributed by atoms with Gasteiger partial charge in [-0.1, -0.05) is 12.1 Å². The summed E-state index contributed by atoms with van der Waals surface area (Å²) in [4.78, 5) is 13.5. The van der Waals surface area contributed by atoms with Gasteiger partial charge in [0.25, 0.3) is 0 Å². The first-order valence-corrected chi connectivity index (χ1v) is 6.76. The van der Waals surface area contributed by atoms with Crippen LogP contribution in [0.4, 0.5) is 4.39 Å². The Hall–Kier alpha value is -1.46. The molecule has 0 saturated carbocycles. The predicted octanol–water partition coefficient (Wildman–Crippen LogP) is 2.14. The summed E-state index contributed by atoms with van der Waals surface area (Å²) in [6.07, 6.45) is 1.41. The quantitative estimate of drug-likeness (QED) is 0.898. The van der Waals surface area contributed by atoms with E-state index >= 15 is 0 Å². The van der Waals surface area contributed by atoms with Crippen LogP contribution in [-0.2, 0) is 16.1 Å². The molecule has 1 atom stereocenters. The minimum atomic E-state index is -0.826. The van der Waals surface area contributed by atoms with E-state index in [4.69, 9.17) is 4.74 Å². The van der Waals surface area contributed by atoms with Crippen LogP contribution >= 0.6 is 0 Å². The summed E-state index contributed by atoms with van der Waals surface area (Å²) in [6.45, 7) is 1.92. The van der Waals surface area contributed by atoms with Gasteiger partial charge in [-0.2, -0.15) is 0 Å². The van der Waals surface area contributed by atoms with Crippen molar-refractivity contribution in [2.24, 2.45) is 5.41 Å². The molecular weight excluding hydrogens is 261 g/mol. The first-order chi connectivity index (χ1) is 9.52. The molecule has 1 unspecified atom stereocenters. The number of aliphatic carboxylic acids is 1. The maximum Gasteiger partial charge on any atom is 0.313 e. The molecule has 5 heteroatoms. The van der Waals surface area contributed by atoms with Crippen LogP contribution in [0.2, 0.25) is 0 Å². The molecule has 0 bridgehead atoms. The Morgan fingerprint density at radius 3 is 2.70 bits per heavy atom. The monoisotopic (exact) mass is 281 g/mol. The minimum absolute atomic E-state index is 0.260. The molecule has 1 aromatic carbocycles. The highest BCUT2D eigenvalue weighted by Crippen LogP contribution is 2.30. The third kappa shape index (κ3) is 3.55. The number of hydrogen-bond donors (Lipinski definition) is 1. The third-order valence-electron chi connectivity index (χ3n) is 3.71. The average molecular weight is 281 g/mol. The van der Waals surface area contributed by atoms with Crippen LogP contribution in [0.25, 0.3) is 0 Å². The summed E-state index contributed by atoms with van der Waals surface area (Å²) in [5, 5.41) is 9.48. The first kappa shape index (κ1) is 14.9. The maximum absolute atomic E-state index is 12.9. The van der Waals surface area contributed by atoms with Crippen LogP contribution in [0, 0.1) is 11.2 Å². The highest BCUT2D eigenvalue weighted by molar-refractivity contribution is 5.75. The van der Waals surface area contributed by atoms with Crippen LogP contribution in [0.15, 0.2) is 24.3 Å². The van der Waals surface area contributed by atoms with Gasteiger partial charge in [-0.3, -0.25) is 4.79 Å². The highest BCUT2D eigenvalue weighted by Gasteiger charge is 2.41. The lowest BCUT2D eigenvalue weighted by Gasteiger charge is -2.36. The van der Waals surface area contributed by atoms with E-state index in [0.717, 1.165) is 12.0 Å². The first-order valence-electron chi connectivity index (χ1n) is 6.76. The van der Waals surface area contributed by atoms with Crippen molar-refractivity contribution in [1.29, 1.82) is 0 Å². The van der Waals surface area contributed by atoms with Gasteiger partial charge in [-0.05, 0) is 37.6 Å². The molecule has 1 heterocycles. The molecule has 1 aromatic rings. The van der Waals surface area contributed by atoms with Gasteiger partial charge >= 0.3 is 5.97 Å². The fourth-order valence-electron chi connectivity index (χ4n) is 2.69. The molecule has 0 amide bonds. The van der Waals surface area contributed by atoms with Gasteiger partial charge in [0.05, 0.1) is 6.61 Å². The van der Waals surface area contributed by atoms with Crippen molar-refractivity contribution in [2.45, 2.75) is 19.4 Å². The number of benzene rings is 1. The molecule has 2 rings (SSSR count). The van der Waals surface area contributed by atoms with E-state index in [-0.39, 0.29) is 12.4 Å². The lowest BCUT2D eigenvalue weighted by atomic mass is 9.82. The Balaban J connectivity index is 1.99. The Labute approximate surface area is 118 Å². The number of ether oxygens (including phenoxy) is 1. The predicted molar refractivity (Wildman–Crippen MR) is 72.9 cm³/mol. The second kappa shape index (κ2) is 6.33. The topological polar surface area (TPSA) is 49.8 Å². The zero-order valence-corrected chi connectivity index (χ0v) is 11.6. The smallest absolute Gasteiger partial charge is 0.313 e. The average Bonchev–Trinajstić information content (AvgIpc) is 2.42. The highest BCUT2D eigenvalue weighted by atomic mass is 19.1. The van der Waals surface area contributed by atoms with Gasteiger partial charge < -0.3 is 14.7 Å². The molecule has 20 heavy (non-hydrogen) atoms. The fourth-order valence-corrected chi connectivity index (χ4v) is 2.69. The molecule has 0 aliphatic carbocycles. The van der Waals surface area contributed by atoms with Crippen molar-refractivity contribution >= 4 is 5.97 Å². The van der Waals surface area contributed by atoms with E-state index < -0.39 is 11.4 Å². The van der Waals surface area contributed by atoms with E-state index in [1.807, 2.05) is 11.9 Å². The second-order valence-corrected chi connectivity index (χ2v) is 5.54. The van der Waals surface area contributed by atoms with Gasteiger partial charge in [0.2, 0.25) is 0 Å². The number of hydrogen-bond acceptors (Lipinski definition) is 3. The summed E-state index contributed by atoms with van der Waals surface area (Å²) < 4.78 is 18.2. The van der Waals surface area contributed by atoms with Crippen molar-refractivity contribution < 1.29 is 19.0 Å². The molecule has 1 aliphatic heterocycles. The Morgan fingerprint density at radius 2 is 2.15 bits per heavy atom. The number of rotatable bonds is 5. The van der Waals surface area contributed by atoms with E-state index in [1.54, 1.807) is 12.1 Å². The lowest BCUT2D eigenvalue weighted by molar-refractivity contribution is -0.159. The Morgan fingerprint density at radius 1 is 1.45 bits per heavy atom. The van der Waals surface area contributed by atoms with E-state index in [1.165, 1.54) is 12.1 Å². The van der Waals surface area contributed by atoms with Crippen molar-refractivity contribution in [3.05, 3.63) is 35.6 Å². The molecule has 0 aromatic heterocycles. The number of nitrogens with zero attached hydrogens (tertiary/aromatic N) is 1. The summed E-state index contributed by atoms with van der Waals surface area (Å²) in [5.74, 6) is -1.07. The van der Waals surface area contributed by atoms with Crippen LogP contribution in [-0.4, -0.2) is 42.8 Å². The summed E-state index contributed by atoms with van der Waals surface area (Å²) >= 11 is 0. The van der Waals surface area contributed by atoms with Crippen LogP contribution in [0.1, 0.15) is 18.4 Å². The van der Waals surface area contributed by atoms with Gasteiger partial charge in [-0.25, -0.2) is 4.39 Å². The zero-order valence-electron chi connectivity index (χ0n) is 11.6. The van der Waals surface area contributed by atoms with Gasteiger partial charge in [0.1, 0.15) is 11.2 Å². The van der Waals surface area contributed by atoms with Crippen LogP contribution < -0.4 is 0 Å². The van der Waals surface area contributed by atoms with Crippen LogP contribution in [0.3, 0.4) is 0 Å². The van der Waals surface area contributed by atoms with E-state index in [0.29, 0.717) is 26.1 Å². The number of carbonyl (C=O) groups is 1. The normalized spacial score (nSPS) is 22.9. The number of carboxylic acid groups (broad SMARTS) is 1. The summed E-state index contributed by atoms with van der Waals surface area (Å²) in [5.41, 5.74) is 0.138. The summed E-state index contributed by atoms with van der Waals surface area (Å²) in [7, 11) is 1.88. The second-order valence-electron chi connectivity index (χ2n) is 5.54. The molecule has 0 spiro atoms. The van der Waals surface area contributed by atoms with E-state index in [2.05, 4.69) is 0 Å². The molecule has 110 valence electrons. The zero-order chi connectivity index (χ0) is 14.6. The Bertz CT molecular complexity index is 455. The van der Waals surface area contributed by atoms with Crippen molar-refractivity contribution in [3.63, 3.8) is 0 Å². The maximum atomic E-state index is 12.9. The summed E-state index contributed by atoms with van der Waals surface area (Å²) in [6, 6.07) is 6.27. The molecule has 1 aliphatic rings. The van der Waals surface area contributed by atoms with Gasteiger partial charge in [0.15, 0.2) is 0 Å². The molecule has 4 nitrogen and oxygen atoms in total. The third-order valence-corrected chi connectivity index (χ3v) is 3.71. The molecule has 1 N–H and O–H groups in total. The van der Waals surface area contributed by atoms with Crippen molar-refractivity contribution in [3.8, 4) is 0 Å². The number of halogens is 1. The van der Waals surface area contributed by atoms with Gasteiger partial charge in [-0.15, -0.1) is 0 Å². The molecule has 1 fully saturated rings.